The van der Waals surface area contributed by atoms with Gasteiger partial charge in [-0.25, -0.2) is 9.78 Å². The Morgan fingerprint density at radius 3 is 2.59 bits per heavy atom. The summed E-state index contributed by atoms with van der Waals surface area (Å²) >= 11 is 0. The third-order valence-corrected chi connectivity index (χ3v) is 4.94. The average Bonchev–Trinajstić information content (AvgIpc) is 3.33. The number of allylic oxidation sites excluding steroid dienone is 1. The third-order valence-electron chi connectivity index (χ3n) is 4.94. The van der Waals surface area contributed by atoms with Gasteiger partial charge in [0.05, 0.1) is 22.2 Å². The van der Waals surface area contributed by atoms with Gasteiger partial charge in [-0.1, -0.05) is 0 Å². The van der Waals surface area contributed by atoms with Crippen LogP contribution >= 0.6 is 0 Å². The van der Waals surface area contributed by atoms with Crippen LogP contribution < -0.4 is 0 Å². The molecule has 0 fully saturated rings. The first-order chi connectivity index (χ1) is 14.0. The summed E-state index contributed by atoms with van der Waals surface area (Å²) in [5, 5.41) is 18.8. The lowest BCUT2D eigenvalue weighted by Crippen LogP contribution is -1.99. The van der Waals surface area contributed by atoms with Crippen LogP contribution in [0.3, 0.4) is 0 Å². The Morgan fingerprint density at radius 2 is 1.90 bits per heavy atom. The predicted molar refractivity (Wildman–Crippen MR) is 112 cm³/mol. The van der Waals surface area contributed by atoms with Crippen LogP contribution in [0.15, 0.2) is 54.7 Å². The Bertz CT molecular complexity index is 1260. The lowest BCUT2D eigenvalue weighted by Gasteiger charge is -2.07. The zero-order valence-electron chi connectivity index (χ0n) is 16.0. The van der Waals surface area contributed by atoms with Gasteiger partial charge in [0.1, 0.15) is 11.9 Å². The molecule has 0 radical (unpaired) electrons. The van der Waals surface area contributed by atoms with Crippen LogP contribution in [0.1, 0.15) is 33.0 Å². The Kier molecular flexibility index (Phi) is 4.49. The van der Waals surface area contributed by atoms with E-state index in [1.54, 1.807) is 30.3 Å². The topological polar surface area (TPSA) is 94.7 Å². The number of carboxylic acids is 1. The van der Waals surface area contributed by atoms with E-state index in [2.05, 4.69) is 16.0 Å². The summed E-state index contributed by atoms with van der Waals surface area (Å²) in [6.45, 7) is 4.07. The van der Waals surface area contributed by atoms with Crippen LogP contribution in [-0.4, -0.2) is 25.6 Å². The molecule has 0 spiro atoms. The normalized spacial score (nSPS) is 11.6. The lowest BCUT2D eigenvalue weighted by molar-refractivity contribution is 0.0697. The van der Waals surface area contributed by atoms with E-state index in [0.29, 0.717) is 11.4 Å². The molecule has 4 aromatic rings. The molecule has 0 aliphatic carbocycles. The van der Waals surface area contributed by atoms with E-state index >= 15 is 0 Å². The number of aromatic nitrogens is 3. The SMILES string of the molecule is Cc1cc2nc(/C(C#N)=C\c3cccn3-c3ccc(C(=O)O)cc3)[nH]c2cc1C. The summed E-state index contributed by atoms with van der Waals surface area (Å²) in [4.78, 5) is 18.9. The van der Waals surface area contributed by atoms with Crippen molar-refractivity contribution in [2.75, 3.05) is 0 Å². The minimum atomic E-state index is -0.966. The smallest absolute Gasteiger partial charge is 0.335 e. The van der Waals surface area contributed by atoms with Crippen molar-refractivity contribution < 1.29 is 9.90 Å². The van der Waals surface area contributed by atoms with Gasteiger partial charge in [0, 0.05) is 17.6 Å². The van der Waals surface area contributed by atoms with Crippen molar-refractivity contribution in [3.05, 3.63) is 82.9 Å². The zero-order valence-corrected chi connectivity index (χ0v) is 16.0. The van der Waals surface area contributed by atoms with Gasteiger partial charge in [-0.05, 0) is 79.6 Å². The number of benzene rings is 2. The largest absolute Gasteiger partial charge is 0.478 e. The molecule has 0 amide bonds. The van der Waals surface area contributed by atoms with Crippen molar-refractivity contribution in [2.45, 2.75) is 13.8 Å². The molecule has 29 heavy (non-hydrogen) atoms. The minimum Gasteiger partial charge on any atom is -0.478 e. The van der Waals surface area contributed by atoms with Crippen molar-refractivity contribution >= 4 is 28.7 Å². The monoisotopic (exact) mass is 382 g/mol. The summed E-state index contributed by atoms with van der Waals surface area (Å²) < 4.78 is 1.89. The average molecular weight is 382 g/mol. The van der Waals surface area contributed by atoms with Crippen molar-refractivity contribution in [3.8, 4) is 11.8 Å². The maximum atomic E-state index is 11.1. The number of H-pyrrole nitrogens is 1. The van der Waals surface area contributed by atoms with Gasteiger partial charge in [-0.3, -0.25) is 0 Å². The standard InChI is InChI=1S/C23H18N4O2/c1-14-10-20-21(11-15(14)2)26-22(25-20)17(13-24)12-19-4-3-9-27(19)18-7-5-16(6-8-18)23(28)29/h3-12H,1-2H3,(H,25,26)(H,28,29)/b17-12-. The summed E-state index contributed by atoms with van der Waals surface area (Å²) in [7, 11) is 0. The number of aromatic amines is 1. The van der Waals surface area contributed by atoms with Crippen LogP contribution in [0.4, 0.5) is 0 Å². The Balaban J connectivity index is 1.75. The fourth-order valence-electron chi connectivity index (χ4n) is 3.21. The van der Waals surface area contributed by atoms with Crippen LogP contribution in [0.5, 0.6) is 0 Å². The quantitative estimate of drug-likeness (QED) is 0.499. The zero-order chi connectivity index (χ0) is 20.5. The molecule has 2 N–H and O–H groups in total. The minimum absolute atomic E-state index is 0.226. The van der Waals surface area contributed by atoms with Crippen LogP contribution in [-0.2, 0) is 0 Å². The molecule has 2 heterocycles. The van der Waals surface area contributed by atoms with Crippen LogP contribution in [0.25, 0.3) is 28.4 Å². The molecule has 0 saturated carbocycles. The summed E-state index contributed by atoms with van der Waals surface area (Å²) in [5.74, 6) is -0.451. The highest BCUT2D eigenvalue weighted by atomic mass is 16.4. The molecule has 0 bridgehead atoms. The van der Waals surface area contributed by atoms with Gasteiger partial charge in [-0.2, -0.15) is 5.26 Å². The molecular weight excluding hydrogens is 364 g/mol. The van der Waals surface area contributed by atoms with Crippen molar-refractivity contribution in [1.29, 1.82) is 5.26 Å². The number of rotatable bonds is 4. The Morgan fingerprint density at radius 1 is 1.17 bits per heavy atom. The molecular formula is C23H18N4O2. The summed E-state index contributed by atoms with van der Waals surface area (Å²) in [6.07, 6.45) is 3.63. The molecule has 142 valence electrons. The lowest BCUT2D eigenvalue weighted by atomic mass is 10.1. The molecule has 0 saturated heterocycles. The van der Waals surface area contributed by atoms with Gasteiger partial charge in [-0.15, -0.1) is 0 Å². The first-order valence-electron chi connectivity index (χ1n) is 9.06. The second-order valence-electron chi connectivity index (χ2n) is 6.86. The maximum absolute atomic E-state index is 11.1. The number of aromatic carboxylic acids is 1. The van der Waals surface area contributed by atoms with E-state index in [0.717, 1.165) is 33.5 Å². The van der Waals surface area contributed by atoms with Crippen molar-refractivity contribution in [1.82, 2.24) is 14.5 Å². The van der Waals surface area contributed by atoms with Gasteiger partial charge in [0.15, 0.2) is 0 Å². The van der Waals surface area contributed by atoms with Crippen LogP contribution in [0.2, 0.25) is 0 Å². The predicted octanol–water partition coefficient (Wildman–Crippen LogP) is 4.73. The highest BCUT2D eigenvalue weighted by Gasteiger charge is 2.11. The van der Waals surface area contributed by atoms with Gasteiger partial charge >= 0.3 is 5.97 Å². The number of nitriles is 1. The number of fused-ring (bicyclic) bond motifs is 1. The summed E-state index contributed by atoms with van der Waals surface area (Å²) in [6, 6.07) is 16.6. The van der Waals surface area contributed by atoms with E-state index in [1.165, 1.54) is 0 Å². The molecule has 0 unspecified atom stereocenters. The number of hydrogen-bond acceptors (Lipinski definition) is 3. The first kappa shape index (κ1) is 18.3. The second-order valence-corrected chi connectivity index (χ2v) is 6.86. The molecule has 2 aromatic carbocycles. The molecule has 6 heteroatoms. The fraction of sp³-hybridized carbons (Fsp3) is 0.0870. The Labute approximate surface area is 167 Å². The summed E-state index contributed by atoms with van der Waals surface area (Å²) in [5.41, 5.74) is 6.26. The number of nitrogens with one attached hydrogen (secondary N) is 1. The van der Waals surface area contributed by atoms with E-state index in [1.807, 2.05) is 48.9 Å². The first-order valence-corrected chi connectivity index (χ1v) is 9.06. The molecule has 0 atom stereocenters. The molecule has 4 rings (SSSR count). The number of nitrogens with zero attached hydrogens (tertiary/aromatic N) is 3. The maximum Gasteiger partial charge on any atom is 0.335 e. The van der Waals surface area contributed by atoms with Crippen molar-refractivity contribution in [3.63, 3.8) is 0 Å². The van der Waals surface area contributed by atoms with E-state index in [4.69, 9.17) is 5.11 Å². The molecule has 0 aliphatic heterocycles. The van der Waals surface area contributed by atoms with Gasteiger partial charge < -0.3 is 14.7 Å². The highest BCUT2D eigenvalue weighted by Crippen LogP contribution is 2.23. The second kappa shape index (κ2) is 7.13. The highest BCUT2D eigenvalue weighted by molar-refractivity contribution is 5.90. The number of carboxylic acid groups (broad SMARTS) is 1. The van der Waals surface area contributed by atoms with Gasteiger partial charge in [0.2, 0.25) is 0 Å². The number of imidazole rings is 1. The molecule has 6 nitrogen and oxygen atoms in total. The number of carbonyl (C=O) groups is 1. The van der Waals surface area contributed by atoms with E-state index in [9.17, 15) is 10.1 Å². The van der Waals surface area contributed by atoms with E-state index in [-0.39, 0.29) is 5.56 Å². The molecule has 0 aliphatic rings. The van der Waals surface area contributed by atoms with E-state index < -0.39 is 5.97 Å². The van der Waals surface area contributed by atoms with Crippen molar-refractivity contribution in [2.24, 2.45) is 0 Å². The number of aryl methyl sites for hydroxylation is 2. The fourth-order valence-corrected chi connectivity index (χ4v) is 3.21. The van der Waals surface area contributed by atoms with Crippen LogP contribution in [0, 0.1) is 25.2 Å². The molecule has 2 aromatic heterocycles. The third kappa shape index (κ3) is 3.42. The van der Waals surface area contributed by atoms with Gasteiger partial charge in [0.25, 0.3) is 0 Å². The Hall–Kier alpha value is -4.11. The number of hydrogen-bond donors (Lipinski definition) is 2.